The van der Waals surface area contributed by atoms with Crippen molar-refractivity contribution in [1.29, 1.82) is 0 Å². The number of nitrogens with one attached hydrogen (secondary N) is 1. The summed E-state index contributed by atoms with van der Waals surface area (Å²) < 4.78 is 0. The van der Waals surface area contributed by atoms with Gasteiger partial charge in [0, 0.05) is 34.5 Å². The first-order chi connectivity index (χ1) is 11.7. The molecule has 4 aliphatic carbocycles. The number of carbonyl (C=O) groups is 1. The highest BCUT2D eigenvalue weighted by molar-refractivity contribution is 6.09. The number of ketones is 1. The molecule has 0 saturated heterocycles. The Morgan fingerprint density at radius 3 is 2.46 bits per heavy atom. The molecule has 0 spiro atoms. The summed E-state index contributed by atoms with van der Waals surface area (Å²) in [7, 11) is 0. The Balaban J connectivity index is 1.35. The summed E-state index contributed by atoms with van der Waals surface area (Å²) in [5.74, 6) is 3.99. The van der Waals surface area contributed by atoms with Crippen molar-refractivity contribution in [2.24, 2.45) is 23.7 Å². The first kappa shape index (κ1) is 14.7. The van der Waals surface area contributed by atoms with Crippen LogP contribution in [0.25, 0.3) is 10.9 Å². The number of fused-ring (bicyclic) bond motifs is 1. The largest absolute Gasteiger partial charge is 0.360 e. The van der Waals surface area contributed by atoms with Gasteiger partial charge in [-0.05, 0) is 56.9 Å². The second kappa shape index (κ2) is 5.45. The van der Waals surface area contributed by atoms with Crippen molar-refractivity contribution in [3.05, 3.63) is 36.0 Å². The van der Waals surface area contributed by atoms with Gasteiger partial charge >= 0.3 is 0 Å². The van der Waals surface area contributed by atoms with E-state index in [1.165, 1.54) is 32.1 Å². The minimum absolute atomic E-state index is 0.0201. The molecule has 2 aromatic rings. The van der Waals surface area contributed by atoms with Crippen molar-refractivity contribution in [3.8, 4) is 0 Å². The maximum atomic E-state index is 13.0. The second-order valence-electron chi connectivity index (χ2n) is 8.60. The van der Waals surface area contributed by atoms with Crippen LogP contribution >= 0.6 is 0 Å². The van der Waals surface area contributed by atoms with Crippen LogP contribution < -0.4 is 5.32 Å². The van der Waals surface area contributed by atoms with Crippen molar-refractivity contribution < 1.29 is 10.1 Å². The fraction of sp³-hybridized carbons (Fsp3) is 0.571. The third-order valence-corrected chi connectivity index (χ3v) is 7.08. The predicted molar refractivity (Wildman–Crippen MR) is 94.8 cm³/mol. The number of aromatic nitrogens is 1. The molecule has 4 bridgehead atoms. The lowest BCUT2D eigenvalue weighted by atomic mass is 9.54. The molecule has 3 N–H and O–H groups in total. The molecule has 0 radical (unpaired) electrons. The highest BCUT2D eigenvalue weighted by Crippen LogP contribution is 2.52. The molecule has 3 nitrogen and oxygen atoms in total. The maximum absolute atomic E-state index is 13.0. The fourth-order valence-electron chi connectivity index (χ4n) is 6.22. The topological polar surface area (TPSA) is 49.5 Å². The van der Waals surface area contributed by atoms with E-state index < -0.39 is 0 Å². The van der Waals surface area contributed by atoms with Gasteiger partial charge in [0.25, 0.3) is 0 Å². The number of H-pyrrole nitrogens is 1. The smallest absolute Gasteiger partial charge is 0.221 e. The number of quaternary nitrogens is 1. The van der Waals surface area contributed by atoms with E-state index in [0.717, 1.165) is 40.1 Å². The zero-order chi connectivity index (χ0) is 16.3. The molecule has 1 atom stereocenters. The number of aromatic amines is 1. The van der Waals surface area contributed by atoms with Gasteiger partial charge < -0.3 is 10.3 Å². The summed E-state index contributed by atoms with van der Waals surface area (Å²) in [4.78, 5) is 16.3. The summed E-state index contributed by atoms with van der Waals surface area (Å²) in [5.41, 5.74) is 1.92. The van der Waals surface area contributed by atoms with Crippen LogP contribution in [0, 0.1) is 23.7 Å². The van der Waals surface area contributed by atoms with E-state index in [2.05, 4.69) is 23.3 Å². The number of hydrogen-bond donors (Lipinski definition) is 2. The van der Waals surface area contributed by atoms with E-state index in [0.29, 0.717) is 6.04 Å². The lowest BCUT2D eigenvalue weighted by Crippen LogP contribution is -2.99. The molecule has 4 aliphatic rings. The molecule has 1 aromatic heterocycles. The molecular formula is C21H27N2O+. The average Bonchev–Trinajstić information content (AvgIpc) is 3.00. The Kier molecular flexibility index (Phi) is 3.34. The lowest BCUT2D eigenvalue weighted by Gasteiger charge is -2.53. The van der Waals surface area contributed by atoms with E-state index in [1.807, 2.05) is 24.4 Å². The molecule has 3 heteroatoms. The molecule has 4 fully saturated rings. The van der Waals surface area contributed by atoms with Crippen molar-refractivity contribution in [3.63, 3.8) is 0 Å². The van der Waals surface area contributed by atoms with E-state index in [4.69, 9.17) is 0 Å². The van der Waals surface area contributed by atoms with Gasteiger partial charge in [0.1, 0.15) is 6.04 Å². The van der Waals surface area contributed by atoms with Crippen LogP contribution in [0.1, 0.15) is 49.4 Å². The Morgan fingerprint density at radius 1 is 1.08 bits per heavy atom. The Bertz CT molecular complexity index is 749. The first-order valence-electron chi connectivity index (χ1n) is 9.64. The van der Waals surface area contributed by atoms with Crippen LogP contribution in [0.2, 0.25) is 0 Å². The minimum Gasteiger partial charge on any atom is -0.360 e. The quantitative estimate of drug-likeness (QED) is 0.835. The van der Waals surface area contributed by atoms with Gasteiger partial charge in [-0.1, -0.05) is 18.2 Å². The Hall–Kier alpha value is -1.61. The zero-order valence-corrected chi connectivity index (χ0v) is 14.4. The summed E-state index contributed by atoms with van der Waals surface area (Å²) in [5, 5.41) is 3.49. The standard InChI is InChI=1S/C21H26N2O/c1-12(21(24)18-11-22-19-5-3-2-4-17(18)19)23-20-15-7-13-6-14(9-15)10-16(20)8-13/h2-5,11-16,20,22-23H,6-10H2,1H3/p+1/t12-,13?,14?,15?,16?,20?/m0/s1. The van der Waals surface area contributed by atoms with Crippen molar-refractivity contribution in [2.75, 3.05) is 0 Å². The van der Waals surface area contributed by atoms with Gasteiger partial charge in [-0.15, -0.1) is 0 Å². The summed E-state index contributed by atoms with van der Waals surface area (Å²) in [6, 6.07) is 8.82. The van der Waals surface area contributed by atoms with Crippen LogP contribution in [0.5, 0.6) is 0 Å². The molecule has 4 saturated carbocycles. The van der Waals surface area contributed by atoms with E-state index >= 15 is 0 Å². The predicted octanol–water partition coefficient (Wildman–Crippen LogP) is 3.13. The number of hydrogen-bond acceptors (Lipinski definition) is 1. The lowest BCUT2D eigenvalue weighted by molar-refractivity contribution is -0.724. The van der Waals surface area contributed by atoms with Gasteiger partial charge in [0.2, 0.25) is 5.78 Å². The van der Waals surface area contributed by atoms with E-state index in [1.54, 1.807) is 0 Å². The number of benzene rings is 1. The Morgan fingerprint density at radius 2 is 1.75 bits per heavy atom. The maximum Gasteiger partial charge on any atom is 0.221 e. The molecular weight excluding hydrogens is 296 g/mol. The fourth-order valence-corrected chi connectivity index (χ4v) is 6.22. The first-order valence-corrected chi connectivity index (χ1v) is 9.64. The van der Waals surface area contributed by atoms with Gasteiger partial charge in [-0.3, -0.25) is 4.79 Å². The number of Topliss-reactive ketones (excluding diaryl/α,β-unsaturated/α-hetero) is 1. The molecule has 1 aromatic carbocycles. The molecule has 0 aliphatic heterocycles. The third kappa shape index (κ3) is 2.25. The SMILES string of the molecule is C[C@H]([NH2+]C1C2CC3CC(C2)CC1C3)C(=O)c1c[nH]c2ccccc12. The average molecular weight is 323 g/mol. The van der Waals surface area contributed by atoms with E-state index in [-0.39, 0.29) is 11.8 Å². The second-order valence-corrected chi connectivity index (χ2v) is 8.60. The zero-order valence-electron chi connectivity index (χ0n) is 14.4. The summed E-state index contributed by atoms with van der Waals surface area (Å²) in [6.45, 7) is 2.11. The van der Waals surface area contributed by atoms with Crippen LogP contribution in [0.4, 0.5) is 0 Å². The third-order valence-electron chi connectivity index (χ3n) is 7.08. The monoisotopic (exact) mass is 323 g/mol. The molecule has 6 rings (SSSR count). The summed E-state index contributed by atoms with van der Waals surface area (Å²) in [6.07, 6.45) is 9.06. The minimum atomic E-state index is 0.0201. The van der Waals surface area contributed by atoms with Crippen LogP contribution in [-0.2, 0) is 0 Å². The molecule has 1 heterocycles. The van der Waals surface area contributed by atoms with Crippen LogP contribution in [0.3, 0.4) is 0 Å². The van der Waals surface area contributed by atoms with Crippen LogP contribution in [0.15, 0.2) is 30.5 Å². The highest BCUT2D eigenvalue weighted by atomic mass is 16.1. The molecule has 126 valence electrons. The van der Waals surface area contributed by atoms with Crippen molar-refractivity contribution in [1.82, 2.24) is 4.98 Å². The van der Waals surface area contributed by atoms with Gasteiger partial charge in [-0.25, -0.2) is 0 Å². The van der Waals surface area contributed by atoms with Gasteiger partial charge in [0.15, 0.2) is 0 Å². The van der Waals surface area contributed by atoms with Crippen LogP contribution in [-0.4, -0.2) is 22.9 Å². The summed E-state index contributed by atoms with van der Waals surface area (Å²) >= 11 is 0. The van der Waals surface area contributed by atoms with Gasteiger partial charge in [0.05, 0.1) is 6.04 Å². The normalized spacial score (nSPS) is 35.5. The molecule has 24 heavy (non-hydrogen) atoms. The number of carbonyl (C=O) groups excluding carboxylic acids is 1. The van der Waals surface area contributed by atoms with Gasteiger partial charge in [-0.2, -0.15) is 0 Å². The van der Waals surface area contributed by atoms with Crippen molar-refractivity contribution >= 4 is 16.7 Å². The van der Waals surface area contributed by atoms with E-state index in [9.17, 15) is 4.79 Å². The number of para-hydroxylation sites is 1. The number of rotatable bonds is 4. The highest BCUT2D eigenvalue weighted by Gasteiger charge is 2.50. The van der Waals surface area contributed by atoms with Crippen molar-refractivity contribution in [2.45, 2.75) is 51.1 Å². The Labute approximate surface area is 143 Å². The molecule has 0 amide bonds. The number of nitrogens with two attached hydrogens (primary N) is 1. The molecule has 0 unspecified atom stereocenters.